The Morgan fingerprint density at radius 3 is 3.08 bits per heavy atom. The molecule has 0 N–H and O–H groups in total. The van der Waals surface area contributed by atoms with E-state index in [-0.39, 0.29) is 0 Å². The van der Waals surface area contributed by atoms with Crippen LogP contribution in [-0.4, -0.2) is 28.7 Å². The van der Waals surface area contributed by atoms with E-state index in [4.69, 9.17) is 7.85 Å². The van der Waals surface area contributed by atoms with Gasteiger partial charge in [0.1, 0.15) is 7.85 Å². The van der Waals surface area contributed by atoms with Gasteiger partial charge < -0.3 is 0 Å². The van der Waals surface area contributed by atoms with Crippen LogP contribution in [0.2, 0.25) is 0 Å². The van der Waals surface area contributed by atoms with Crippen molar-refractivity contribution in [1.29, 1.82) is 0 Å². The maximum Gasteiger partial charge on any atom is 0.207 e. The molecule has 58 valence electrons. The molecule has 2 aromatic rings. The molecule has 0 fully saturated rings. The van der Waals surface area contributed by atoms with Gasteiger partial charge in [0.15, 0.2) is 0 Å². The lowest BCUT2D eigenvalue weighted by Gasteiger charge is -1.98. The van der Waals surface area contributed by atoms with Crippen molar-refractivity contribution in [3.63, 3.8) is 0 Å². The maximum atomic E-state index is 5.66. The number of aromatic nitrogens is 3. The second-order valence-corrected chi connectivity index (χ2v) is 3.11. The Labute approximate surface area is 75.6 Å². The molecule has 0 aliphatic heterocycles. The molecule has 0 bridgehead atoms. The highest BCUT2D eigenvalue weighted by molar-refractivity contribution is 7.98. The van der Waals surface area contributed by atoms with Crippen LogP contribution in [0, 0.1) is 0 Å². The Hall–Kier alpha value is -0.965. The van der Waals surface area contributed by atoms with Gasteiger partial charge in [-0.15, -0.1) is 5.10 Å². The van der Waals surface area contributed by atoms with E-state index >= 15 is 0 Å². The summed E-state index contributed by atoms with van der Waals surface area (Å²) in [6.45, 7) is 0. The zero-order valence-corrected chi connectivity index (χ0v) is 7.38. The molecule has 0 atom stereocenters. The molecule has 0 aliphatic carbocycles. The second kappa shape index (κ2) is 2.82. The van der Waals surface area contributed by atoms with E-state index in [2.05, 4.69) is 10.1 Å². The first-order chi connectivity index (χ1) is 5.81. The lowest BCUT2D eigenvalue weighted by atomic mass is 10.1. The highest BCUT2D eigenvalue weighted by atomic mass is 32.2. The number of hydrogen-bond donors (Lipinski definition) is 0. The highest BCUT2D eigenvalue weighted by Gasteiger charge is 1.99. The van der Waals surface area contributed by atoms with Crippen molar-refractivity contribution in [2.45, 2.75) is 5.16 Å². The summed E-state index contributed by atoms with van der Waals surface area (Å²) in [5, 5.41) is 4.92. The summed E-state index contributed by atoms with van der Waals surface area (Å²) in [4.78, 5) is 4.11. The number of hydrogen-bond acceptors (Lipinski definition) is 3. The molecule has 2 aromatic heterocycles. The Bertz CT molecular complexity index is 412. The van der Waals surface area contributed by atoms with Crippen molar-refractivity contribution in [2.24, 2.45) is 0 Å². The van der Waals surface area contributed by atoms with E-state index in [1.807, 2.05) is 18.4 Å². The van der Waals surface area contributed by atoms with E-state index < -0.39 is 0 Å². The van der Waals surface area contributed by atoms with Gasteiger partial charge in [-0.1, -0.05) is 11.8 Å². The Balaban J connectivity index is 2.71. The van der Waals surface area contributed by atoms with Crippen molar-refractivity contribution in [3.8, 4) is 0 Å². The van der Waals surface area contributed by atoms with Gasteiger partial charge in [-0.25, -0.2) is 9.50 Å². The fourth-order valence-corrected chi connectivity index (χ4v) is 1.32. The predicted octanol–water partition coefficient (Wildman–Crippen LogP) is 0.245. The van der Waals surface area contributed by atoms with Crippen LogP contribution in [0.5, 0.6) is 0 Å². The molecule has 0 saturated heterocycles. The van der Waals surface area contributed by atoms with Crippen LogP contribution in [0.4, 0.5) is 0 Å². The fourth-order valence-electron chi connectivity index (χ4n) is 1.00. The standard InChI is InChI=1S/C7H6BN3S/c1-12-7-9-4-5-2-3-6(8)11(5)10-7/h2-4H,1H3. The molecule has 2 heterocycles. The summed E-state index contributed by atoms with van der Waals surface area (Å²) in [6, 6.07) is 3.70. The van der Waals surface area contributed by atoms with E-state index in [1.165, 1.54) is 11.8 Å². The average Bonchev–Trinajstić information content (AvgIpc) is 2.47. The molecular formula is C7H6BN3S. The highest BCUT2D eigenvalue weighted by Crippen LogP contribution is 2.07. The van der Waals surface area contributed by atoms with Crippen LogP contribution in [0.1, 0.15) is 0 Å². The van der Waals surface area contributed by atoms with Gasteiger partial charge in [-0.3, -0.25) is 0 Å². The van der Waals surface area contributed by atoms with E-state index in [0.29, 0.717) is 5.59 Å². The summed E-state index contributed by atoms with van der Waals surface area (Å²) in [7, 11) is 5.66. The van der Waals surface area contributed by atoms with Crippen LogP contribution >= 0.6 is 11.8 Å². The summed E-state index contributed by atoms with van der Waals surface area (Å²) < 4.78 is 1.68. The van der Waals surface area contributed by atoms with Gasteiger partial charge in [-0.2, -0.15) is 0 Å². The number of thioether (sulfide) groups is 1. The van der Waals surface area contributed by atoms with Crippen molar-refractivity contribution >= 4 is 30.7 Å². The van der Waals surface area contributed by atoms with Crippen LogP contribution < -0.4 is 5.59 Å². The molecular weight excluding hydrogens is 169 g/mol. The van der Waals surface area contributed by atoms with Crippen molar-refractivity contribution in [1.82, 2.24) is 14.6 Å². The van der Waals surface area contributed by atoms with Gasteiger partial charge in [0.05, 0.1) is 11.7 Å². The Kier molecular flexibility index (Phi) is 1.80. The molecule has 0 amide bonds. The van der Waals surface area contributed by atoms with E-state index in [0.717, 1.165) is 10.7 Å². The third-order valence-corrected chi connectivity index (χ3v) is 2.14. The number of nitrogens with zero attached hydrogens (tertiary/aromatic N) is 3. The van der Waals surface area contributed by atoms with Crippen LogP contribution in [0.25, 0.3) is 5.52 Å². The van der Waals surface area contributed by atoms with Gasteiger partial charge in [0, 0.05) is 0 Å². The average molecular weight is 175 g/mol. The molecule has 12 heavy (non-hydrogen) atoms. The summed E-state index contributed by atoms with van der Waals surface area (Å²) >= 11 is 1.50. The minimum Gasteiger partial charge on any atom is -0.244 e. The van der Waals surface area contributed by atoms with E-state index in [9.17, 15) is 0 Å². The lowest BCUT2D eigenvalue weighted by molar-refractivity contribution is 0.812. The molecule has 2 radical (unpaired) electrons. The van der Waals surface area contributed by atoms with Crippen LogP contribution in [0.15, 0.2) is 23.5 Å². The first kappa shape index (κ1) is 7.67. The van der Waals surface area contributed by atoms with Crippen molar-refractivity contribution < 1.29 is 0 Å². The predicted molar refractivity (Wildman–Crippen MR) is 50.2 cm³/mol. The second-order valence-electron chi connectivity index (χ2n) is 2.34. The number of fused-ring (bicyclic) bond motifs is 1. The molecule has 0 aliphatic rings. The van der Waals surface area contributed by atoms with Crippen molar-refractivity contribution in [2.75, 3.05) is 6.26 Å². The minimum atomic E-state index is 0.641. The minimum absolute atomic E-state index is 0.641. The quantitative estimate of drug-likeness (QED) is 0.459. The first-order valence-electron chi connectivity index (χ1n) is 3.45. The molecule has 0 unspecified atom stereocenters. The van der Waals surface area contributed by atoms with Gasteiger partial charge in [-0.05, 0) is 24.0 Å². The number of rotatable bonds is 1. The topological polar surface area (TPSA) is 30.2 Å². The first-order valence-corrected chi connectivity index (χ1v) is 4.68. The molecule has 5 heteroatoms. The van der Waals surface area contributed by atoms with Crippen LogP contribution in [-0.2, 0) is 0 Å². The summed E-state index contributed by atoms with van der Waals surface area (Å²) in [5.41, 5.74) is 1.56. The van der Waals surface area contributed by atoms with E-state index in [1.54, 1.807) is 10.7 Å². The normalized spacial score (nSPS) is 10.8. The fraction of sp³-hybridized carbons (Fsp3) is 0.143. The molecule has 0 aromatic carbocycles. The molecule has 0 saturated carbocycles. The summed E-state index contributed by atoms with van der Waals surface area (Å²) in [5.74, 6) is 0. The SMILES string of the molecule is [B]c1ccc2cnc(SC)nn12. The summed E-state index contributed by atoms with van der Waals surface area (Å²) in [6.07, 6.45) is 3.69. The Morgan fingerprint density at radius 2 is 2.33 bits per heavy atom. The molecule has 0 spiro atoms. The van der Waals surface area contributed by atoms with Gasteiger partial charge in [0.25, 0.3) is 0 Å². The third kappa shape index (κ3) is 1.10. The van der Waals surface area contributed by atoms with Gasteiger partial charge >= 0.3 is 0 Å². The van der Waals surface area contributed by atoms with Crippen molar-refractivity contribution in [3.05, 3.63) is 18.3 Å². The maximum absolute atomic E-state index is 5.66. The van der Waals surface area contributed by atoms with Crippen LogP contribution in [0.3, 0.4) is 0 Å². The molecule has 3 nitrogen and oxygen atoms in total. The third-order valence-electron chi connectivity index (χ3n) is 1.59. The molecule has 2 rings (SSSR count). The monoisotopic (exact) mass is 175 g/mol. The largest absolute Gasteiger partial charge is 0.244 e. The zero-order chi connectivity index (χ0) is 8.55. The smallest absolute Gasteiger partial charge is 0.207 e. The zero-order valence-electron chi connectivity index (χ0n) is 6.56. The Morgan fingerprint density at radius 1 is 1.50 bits per heavy atom. The van der Waals surface area contributed by atoms with Gasteiger partial charge in [0.2, 0.25) is 5.16 Å². The lowest BCUT2D eigenvalue weighted by Crippen LogP contribution is -2.12.